The predicted octanol–water partition coefficient (Wildman–Crippen LogP) is 0.142. The van der Waals surface area contributed by atoms with Crippen molar-refractivity contribution >= 4 is 16.0 Å². The summed E-state index contributed by atoms with van der Waals surface area (Å²) in [5.41, 5.74) is 0. The van der Waals surface area contributed by atoms with Gasteiger partial charge in [-0.1, -0.05) is 0 Å². The van der Waals surface area contributed by atoms with Gasteiger partial charge in [-0.25, -0.2) is 8.42 Å². The third kappa shape index (κ3) is 2.70. The van der Waals surface area contributed by atoms with E-state index in [9.17, 15) is 13.2 Å². The van der Waals surface area contributed by atoms with E-state index in [1.807, 2.05) is 0 Å². The lowest BCUT2D eigenvalue weighted by molar-refractivity contribution is -0.137. The maximum Gasteiger partial charge on any atom is 0.305 e. The smallest absolute Gasteiger partial charge is 0.305 e. The van der Waals surface area contributed by atoms with E-state index in [1.54, 1.807) is 0 Å². The van der Waals surface area contributed by atoms with Crippen molar-refractivity contribution < 1.29 is 18.3 Å². The van der Waals surface area contributed by atoms with Crippen LogP contribution in [0.3, 0.4) is 0 Å². The fraction of sp³-hybridized carbons (Fsp3) is 0.600. The molecule has 18 heavy (non-hydrogen) atoms. The van der Waals surface area contributed by atoms with Crippen LogP contribution in [0, 0.1) is 0 Å². The average molecular weight is 273 g/mol. The van der Waals surface area contributed by atoms with Gasteiger partial charge in [-0.05, 0) is 12.8 Å². The van der Waals surface area contributed by atoms with Crippen LogP contribution in [0.4, 0.5) is 0 Å². The van der Waals surface area contributed by atoms with Gasteiger partial charge in [0, 0.05) is 19.3 Å². The lowest BCUT2D eigenvalue weighted by atomic mass is 10.4. The first-order valence-electron chi connectivity index (χ1n) is 5.74. The molecule has 0 unspecified atom stereocenters. The number of carboxylic acids is 1. The second kappa shape index (κ2) is 5.07. The predicted molar refractivity (Wildman–Crippen MR) is 62.5 cm³/mol. The molecule has 7 nitrogen and oxygen atoms in total. The summed E-state index contributed by atoms with van der Waals surface area (Å²) in [7, 11) is -3.45. The number of rotatable bonds is 5. The molecule has 2 heterocycles. The highest BCUT2D eigenvalue weighted by atomic mass is 32.2. The van der Waals surface area contributed by atoms with Gasteiger partial charge >= 0.3 is 5.97 Å². The van der Waals surface area contributed by atoms with Crippen molar-refractivity contribution in [1.29, 1.82) is 0 Å². The summed E-state index contributed by atoms with van der Waals surface area (Å²) in [4.78, 5) is 10.6. The zero-order chi connectivity index (χ0) is 13.2. The molecule has 2 rings (SSSR count). The molecule has 0 saturated carbocycles. The molecule has 1 saturated heterocycles. The minimum atomic E-state index is -3.45. The van der Waals surface area contributed by atoms with E-state index < -0.39 is 16.0 Å². The highest BCUT2D eigenvalue weighted by molar-refractivity contribution is 7.89. The Morgan fingerprint density at radius 1 is 1.39 bits per heavy atom. The molecule has 100 valence electrons. The van der Waals surface area contributed by atoms with Gasteiger partial charge in [0.05, 0.1) is 19.2 Å². The molecule has 8 heteroatoms. The highest BCUT2D eigenvalue weighted by Crippen LogP contribution is 2.20. The van der Waals surface area contributed by atoms with Crippen LogP contribution in [0.15, 0.2) is 17.3 Å². The Kier molecular flexibility index (Phi) is 3.67. The van der Waals surface area contributed by atoms with E-state index in [1.165, 1.54) is 21.4 Å². The fourth-order valence-corrected chi connectivity index (χ4v) is 3.36. The number of aromatic nitrogens is 2. The summed E-state index contributed by atoms with van der Waals surface area (Å²) in [6.45, 7) is 1.26. The Balaban J connectivity index is 2.11. The molecule has 1 aliphatic rings. The van der Waals surface area contributed by atoms with Crippen molar-refractivity contribution in [1.82, 2.24) is 14.1 Å². The molecule has 1 fully saturated rings. The number of aryl methyl sites for hydroxylation is 1. The van der Waals surface area contributed by atoms with Crippen molar-refractivity contribution in [3.05, 3.63) is 12.4 Å². The van der Waals surface area contributed by atoms with Crippen LogP contribution in [0.25, 0.3) is 0 Å². The number of carboxylic acid groups (broad SMARTS) is 1. The van der Waals surface area contributed by atoms with Crippen LogP contribution in [0.2, 0.25) is 0 Å². The molecule has 1 aliphatic heterocycles. The fourth-order valence-electron chi connectivity index (χ4n) is 1.89. The molecule has 0 bridgehead atoms. The number of sulfonamides is 1. The molecule has 0 aliphatic carbocycles. The Hall–Kier alpha value is -1.41. The number of carbonyl (C=O) groups is 1. The van der Waals surface area contributed by atoms with Gasteiger partial charge in [0.2, 0.25) is 10.0 Å². The largest absolute Gasteiger partial charge is 0.481 e. The Morgan fingerprint density at radius 2 is 2.06 bits per heavy atom. The third-order valence-corrected chi connectivity index (χ3v) is 4.72. The van der Waals surface area contributed by atoms with Gasteiger partial charge < -0.3 is 5.11 Å². The Bertz CT molecular complexity index is 531. The average Bonchev–Trinajstić information content (AvgIpc) is 2.98. The second-order valence-corrected chi connectivity index (χ2v) is 6.13. The molecule has 0 spiro atoms. The van der Waals surface area contributed by atoms with Crippen molar-refractivity contribution in [2.24, 2.45) is 0 Å². The third-order valence-electron chi connectivity index (χ3n) is 2.87. The summed E-state index contributed by atoms with van der Waals surface area (Å²) in [6, 6.07) is 0. The van der Waals surface area contributed by atoms with Crippen LogP contribution in [-0.4, -0.2) is 46.7 Å². The second-order valence-electron chi connectivity index (χ2n) is 4.19. The maximum atomic E-state index is 12.1. The molecule has 1 aromatic rings. The minimum Gasteiger partial charge on any atom is -0.481 e. The van der Waals surface area contributed by atoms with E-state index in [2.05, 4.69) is 5.10 Å². The SMILES string of the molecule is O=C(O)CCn1cc(S(=O)(=O)N2CCCC2)cn1. The van der Waals surface area contributed by atoms with Crippen LogP contribution in [0.1, 0.15) is 19.3 Å². The topological polar surface area (TPSA) is 92.5 Å². The van der Waals surface area contributed by atoms with E-state index in [0.29, 0.717) is 13.1 Å². The highest BCUT2D eigenvalue weighted by Gasteiger charge is 2.28. The zero-order valence-electron chi connectivity index (χ0n) is 9.82. The Labute approximate surface area is 105 Å². The summed E-state index contributed by atoms with van der Waals surface area (Å²) in [5.74, 6) is -0.936. The van der Waals surface area contributed by atoms with Crippen LogP contribution in [-0.2, 0) is 21.4 Å². The van der Waals surface area contributed by atoms with Crippen molar-refractivity contribution in [3.63, 3.8) is 0 Å². The van der Waals surface area contributed by atoms with Crippen molar-refractivity contribution in [3.8, 4) is 0 Å². The van der Waals surface area contributed by atoms with Crippen LogP contribution >= 0.6 is 0 Å². The number of hydrogen-bond acceptors (Lipinski definition) is 4. The summed E-state index contributed by atoms with van der Waals surface area (Å²) in [5, 5.41) is 12.4. The lowest BCUT2D eigenvalue weighted by Gasteiger charge is -2.13. The minimum absolute atomic E-state index is 0.0785. The van der Waals surface area contributed by atoms with Crippen LogP contribution < -0.4 is 0 Å². The van der Waals surface area contributed by atoms with Gasteiger partial charge in [0.25, 0.3) is 0 Å². The molecule has 0 aromatic carbocycles. The van der Waals surface area contributed by atoms with E-state index in [-0.39, 0.29) is 17.9 Å². The van der Waals surface area contributed by atoms with Gasteiger partial charge in [0.1, 0.15) is 4.90 Å². The van der Waals surface area contributed by atoms with E-state index in [0.717, 1.165) is 12.8 Å². The first-order valence-corrected chi connectivity index (χ1v) is 7.18. The van der Waals surface area contributed by atoms with Gasteiger partial charge in [-0.15, -0.1) is 0 Å². The Morgan fingerprint density at radius 3 is 2.67 bits per heavy atom. The number of nitrogens with zero attached hydrogens (tertiary/aromatic N) is 3. The molecule has 0 amide bonds. The number of aliphatic carboxylic acids is 1. The first-order chi connectivity index (χ1) is 8.50. The summed E-state index contributed by atoms with van der Waals surface area (Å²) >= 11 is 0. The molecule has 1 aromatic heterocycles. The molecule has 0 atom stereocenters. The van der Waals surface area contributed by atoms with E-state index in [4.69, 9.17) is 5.11 Å². The molecule has 0 radical (unpaired) electrons. The van der Waals surface area contributed by atoms with Gasteiger partial charge in [0.15, 0.2) is 0 Å². The van der Waals surface area contributed by atoms with Crippen molar-refractivity contribution in [2.75, 3.05) is 13.1 Å². The number of hydrogen-bond donors (Lipinski definition) is 1. The maximum absolute atomic E-state index is 12.1. The van der Waals surface area contributed by atoms with Crippen LogP contribution in [0.5, 0.6) is 0 Å². The lowest BCUT2D eigenvalue weighted by Crippen LogP contribution is -2.27. The van der Waals surface area contributed by atoms with Crippen molar-refractivity contribution in [2.45, 2.75) is 30.7 Å². The molecule has 1 N–H and O–H groups in total. The summed E-state index contributed by atoms with van der Waals surface area (Å²) < 4.78 is 27.1. The quantitative estimate of drug-likeness (QED) is 0.824. The first kappa shape index (κ1) is 13.0. The van der Waals surface area contributed by atoms with Gasteiger partial charge in [-0.2, -0.15) is 9.40 Å². The molecular formula is C10H15N3O4S. The standard InChI is InChI=1S/C10H15N3O4S/c14-10(15)3-6-12-8-9(7-11-12)18(16,17)13-4-1-2-5-13/h7-8H,1-6H2,(H,14,15). The monoisotopic (exact) mass is 273 g/mol. The normalized spacial score (nSPS) is 17.1. The van der Waals surface area contributed by atoms with Gasteiger partial charge in [-0.3, -0.25) is 9.48 Å². The molecular weight excluding hydrogens is 258 g/mol. The summed E-state index contributed by atoms with van der Waals surface area (Å²) in [6.07, 6.45) is 4.34. The zero-order valence-corrected chi connectivity index (χ0v) is 10.6. The van der Waals surface area contributed by atoms with E-state index >= 15 is 0 Å².